The van der Waals surface area contributed by atoms with Crippen LogP contribution in [-0.2, 0) is 9.84 Å². The number of amidine groups is 1. The number of oxime groups is 1. The molecule has 0 aliphatic carbocycles. The first kappa shape index (κ1) is 13.6. The Morgan fingerprint density at radius 1 is 1.53 bits per heavy atom. The molecule has 1 aliphatic rings. The minimum Gasteiger partial charge on any atom is -0.486 e. The summed E-state index contributed by atoms with van der Waals surface area (Å²) in [4.78, 5) is 0. The fraction of sp³-hybridized carbons (Fsp3) is 0.364. The van der Waals surface area contributed by atoms with Crippen molar-refractivity contribution in [3.05, 3.63) is 29.6 Å². The minimum atomic E-state index is -3.07. The molecule has 0 radical (unpaired) electrons. The van der Waals surface area contributed by atoms with Crippen LogP contribution in [0.2, 0.25) is 0 Å². The van der Waals surface area contributed by atoms with Crippen molar-refractivity contribution < 1.29 is 22.8 Å². The molecule has 0 saturated carbocycles. The SMILES string of the molecule is N/C(=N/O)c1ccc(OC2CCS(=O)(=O)C2)c(F)c1. The fourth-order valence-corrected chi connectivity index (χ4v) is 3.44. The molecule has 1 aromatic rings. The highest BCUT2D eigenvalue weighted by Crippen LogP contribution is 2.23. The molecule has 104 valence electrons. The molecule has 1 atom stereocenters. The Kier molecular flexibility index (Phi) is 3.61. The Hall–Kier alpha value is -1.83. The number of nitrogens with zero attached hydrogens (tertiary/aromatic N) is 1. The van der Waals surface area contributed by atoms with Gasteiger partial charge in [0.05, 0.1) is 11.5 Å². The van der Waals surface area contributed by atoms with Gasteiger partial charge >= 0.3 is 0 Å². The maximum atomic E-state index is 13.7. The van der Waals surface area contributed by atoms with E-state index in [9.17, 15) is 12.8 Å². The molecule has 3 N–H and O–H groups in total. The molecule has 0 aromatic heterocycles. The van der Waals surface area contributed by atoms with Crippen molar-refractivity contribution in [2.45, 2.75) is 12.5 Å². The number of halogens is 1. The third-order valence-electron chi connectivity index (χ3n) is 2.82. The van der Waals surface area contributed by atoms with Gasteiger partial charge < -0.3 is 15.7 Å². The summed E-state index contributed by atoms with van der Waals surface area (Å²) in [5.74, 6) is -0.991. The first-order chi connectivity index (χ1) is 8.91. The minimum absolute atomic E-state index is 0.0448. The van der Waals surface area contributed by atoms with Gasteiger partial charge in [-0.3, -0.25) is 0 Å². The van der Waals surface area contributed by atoms with Crippen LogP contribution >= 0.6 is 0 Å². The first-order valence-electron chi connectivity index (χ1n) is 5.56. The molecule has 1 fully saturated rings. The zero-order valence-corrected chi connectivity index (χ0v) is 10.7. The monoisotopic (exact) mass is 288 g/mol. The molecule has 1 saturated heterocycles. The van der Waals surface area contributed by atoms with E-state index in [0.717, 1.165) is 6.07 Å². The van der Waals surface area contributed by atoms with Crippen molar-refractivity contribution in [3.63, 3.8) is 0 Å². The maximum absolute atomic E-state index is 13.7. The smallest absolute Gasteiger partial charge is 0.170 e. The summed E-state index contributed by atoms with van der Waals surface area (Å²) in [6.07, 6.45) is -0.182. The van der Waals surface area contributed by atoms with Crippen LogP contribution < -0.4 is 10.5 Å². The maximum Gasteiger partial charge on any atom is 0.170 e. The average molecular weight is 288 g/mol. The van der Waals surface area contributed by atoms with Gasteiger partial charge in [0.1, 0.15) is 6.10 Å². The van der Waals surface area contributed by atoms with E-state index in [1.807, 2.05) is 0 Å². The Morgan fingerprint density at radius 3 is 2.79 bits per heavy atom. The van der Waals surface area contributed by atoms with Crippen molar-refractivity contribution in [1.82, 2.24) is 0 Å². The highest BCUT2D eigenvalue weighted by molar-refractivity contribution is 7.91. The van der Waals surface area contributed by atoms with Gasteiger partial charge in [-0.05, 0) is 24.6 Å². The summed E-state index contributed by atoms with van der Waals surface area (Å²) >= 11 is 0. The summed E-state index contributed by atoms with van der Waals surface area (Å²) in [5.41, 5.74) is 5.54. The van der Waals surface area contributed by atoms with Crippen LogP contribution in [0, 0.1) is 5.82 Å². The Labute approximate surface area is 109 Å². The zero-order valence-electron chi connectivity index (χ0n) is 9.91. The van der Waals surface area contributed by atoms with Gasteiger partial charge in [0.15, 0.2) is 27.2 Å². The van der Waals surface area contributed by atoms with Gasteiger partial charge in [0.2, 0.25) is 0 Å². The average Bonchev–Trinajstić information content (AvgIpc) is 2.70. The van der Waals surface area contributed by atoms with Crippen LogP contribution in [0.4, 0.5) is 4.39 Å². The number of rotatable bonds is 3. The second kappa shape index (κ2) is 5.04. The lowest BCUT2D eigenvalue weighted by Gasteiger charge is -2.13. The van der Waals surface area contributed by atoms with E-state index in [-0.39, 0.29) is 28.7 Å². The lowest BCUT2D eigenvalue weighted by atomic mass is 10.2. The molecule has 0 amide bonds. The number of hydrogen-bond acceptors (Lipinski definition) is 5. The van der Waals surface area contributed by atoms with Crippen molar-refractivity contribution in [1.29, 1.82) is 0 Å². The molecule has 1 unspecified atom stereocenters. The summed E-state index contributed by atoms with van der Waals surface area (Å²) in [7, 11) is -3.07. The van der Waals surface area contributed by atoms with Gasteiger partial charge in [-0.15, -0.1) is 0 Å². The molecule has 1 aliphatic heterocycles. The molecule has 0 spiro atoms. The van der Waals surface area contributed by atoms with E-state index in [2.05, 4.69) is 5.16 Å². The third-order valence-corrected chi connectivity index (χ3v) is 4.56. The second-order valence-electron chi connectivity index (χ2n) is 4.27. The van der Waals surface area contributed by atoms with Gasteiger partial charge in [-0.1, -0.05) is 5.16 Å². The van der Waals surface area contributed by atoms with E-state index in [0.29, 0.717) is 6.42 Å². The highest BCUT2D eigenvalue weighted by Gasteiger charge is 2.30. The van der Waals surface area contributed by atoms with Crippen LogP contribution in [0.5, 0.6) is 5.75 Å². The van der Waals surface area contributed by atoms with Gasteiger partial charge in [0.25, 0.3) is 0 Å². The quantitative estimate of drug-likeness (QED) is 0.365. The number of hydrogen-bond donors (Lipinski definition) is 2. The van der Waals surface area contributed by atoms with E-state index in [1.165, 1.54) is 12.1 Å². The van der Waals surface area contributed by atoms with Crippen LogP contribution in [-0.4, -0.2) is 37.1 Å². The van der Waals surface area contributed by atoms with Crippen molar-refractivity contribution in [3.8, 4) is 5.75 Å². The van der Waals surface area contributed by atoms with E-state index in [1.54, 1.807) is 0 Å². The van der Waals surface area contributed by atoms with Crippen molar-refractivity contribution in [2.24, 2.45) is 10.9 Å². The van der Waals surface area contributed by atoms with E-state index in [4.69, 9.17) is 15.7 Å². The van der Waals surface area contributed by atoms with Gasteiger partial charge in [-0.25, -0.2) is 12.8 Å². The second-order valence-corrected chi connectivity index (χ2v) is 6.50. The molecule has 6 nitrogen and oxygen atoms in total. The van der Waals surface area contributed by atoms with E-state index >= 15 is 0 Å². The van der Waals surface area contributed by atoms with Crippen LogP contribution in [0.1, 0.15) is 12.0 Å². The molecular weight excluding hydrogens is 275 g/mol. The molecular formula is C11H13FN2O4S. The Bertz CT molecular complexity index is 615. The lowest BCUT2D eigenvalue weighted by Crippen LogP contribution is -2.19. The molecule has 8 heteroatoms. The summed E-state index contributed by atoms with van der Waals surface area (Å²) in [5, 5.41) is 11.2. The Balaban J connectivity index is 2.14. The first-order valence-corrected chi connectivity index (χ1v) is 7.38. The Morgan fingerprint density at radius 2 is 2.26 bits per heavy atom. The molecule has 19 heavy (non-hydrogen) atoms. The zero-order chi connectivity index (χ0) is 14.0. The predicted molar refractivity (Wildman–Crippen MR) is 66.6 cm³/mol. The predicted octanol–water partition coefficient (Wildman–Crippen LogP) is 0.486. The largest absolute Gasteiger partial charge is 0.486 e. The van der Waals surface area contributed by atoms with Crippen LogP contribution in [0.15, 0.2) is 23.4 Å². The van der Waals surface area contributed by atoms with E-state index < -0.39 is 21.8 Å². The molecule has 1 heterocycles. The van der Waals surface area contributed by atoms with Gasteiger partial charge in [-0.2, -0.15) is 0 Å². The van der Waals surface area contributed by atoms with Gasteiger partial charge in [0, 0.05) is 5.56 Å². The van der Waals surface area contributed by atoms with Crippen molar-refractivity contribution in [2.75, 3.05) is 11.5 Å². The third kappa shape index (κ3) is 3.14. The summed E-state index contributed by atoms with van der Waals surface area (Å²) in [6, 6.07) is 3.82. The summed E-state index contributed by atoms with van der Waals surface area (Å²) < 4.78 is 41.6. The number of ether oxygens (including phenoxy) is 1. The lowest BCUT2D eigenvalue weighted by molar-refractivity contribution is 0.218. The number of sulfone groups is 1. The van der Waals surface area contributed by atoms with Crippen LogP contribution in [0.3, 0.4) is 0 Å². The normalized spacial score (nSPS) is 22.4. The number of benzene rings is 1. The fourth-order valence-electron chi connectivity index (χ4n) is 1.85. The van der Waals surface area contributed by atoms with Crippen molar-refractivity contribution >= 4 is 15.7 Å². The molecule has 0 bridgehead atoms. The highest BCUT2D eigenvalue weighted by atomic mass is 32.2. The topological polar surface area (TPSA) is 102 Å². The number of nitrogens with two attached hydrogens (primary N) is 1. The standard InChI is InChI=1S/C11H13FN2O4S/c12-9-5-7(11(13)14-15)1-2-10(9)18-8-3-4-19(16,17)6-8/h1-2,5,8,15H,3-4,6H2,(H2,13,14). The van der Waals surface area contributed by atoms with Crippen LogP contribution in [0.25, 0.3) is 0 Å². The molecule has 1 aromatic carbocycles. The molecule has 2 rings (SSSR count). The summed E-state index contributed by atoms with van der Waals surface area (Å²) in [6.45, 7) is 0.